The number of aryl methyl sites for hydroxylation is 2. The first-order valence-corrected chi connectivity index (χ1v) is 11.2. The van der Waals surface area contributed by atoms with Crippen molar-refractivity contribution in [2.45, 2.75) is 38.5 Å². The van der Waals surface area contributed by atoms with E-state index in [1.165, 1.54) is 12.1 Å². The number of sulfonamides is 1. The SMILES string of the molecule is CCCCOc1ccc(S(=O)(=O)Nc2c(C)nc(Oc3ccccc3)nc2C)cc1. The number of para-hydroxylation sites is 1. The van der Waals surface area contributed by atoms with Crippen LogP contribution < -0.4 is 14.2 Å². The van der Waals surface area contributed by atoms with E-state index in [0.717, 1.165) is 12.8 Å². The Kier molecular flexibility index (Phi) is 6.89. The van der Waals surface area contributed by atoms with Crippen molar-refractivity contribution in [3.8, 4) is 17.5 Å². The van der Waals surface area contributed by atoms with Gasteiger partial charge < -0.3 is 9.47 Å². The molecule has 0 bridgehead atoms. The fourth-order valence-corrected chi connectivity index (χ4v) is 3.89. The van der Waals surface area contributed by atoms with Crippen LogP contribution >= 0.6 is 0 Å². The van der Waals surface area contributed by atoms with E-state index in [0.29, 0.717) is 35.2 Å². The molecule has 7 nitrogen and oxygen atoms in total. The lowest BCUT2D eigenvalue weighted by atomic mass is 10.3. The lowest BCUT2D eigenvalue weighted by molar-refractivity contribution is 0.309. The van der Waals surface area contributed by atoms with E-state index in [2.05, 4.69) is 21.6 Å². The molecule has 1 N–H and O–H groups in total. The molecule has 2 aromatic carbocycles. The van der Waals surface area contributed by atoms with Gasteiger partial charge >= 0.3 is 6.01 Å². The molecular weight excluding hydrogens is 402 g/mol. The number of hydrogen-bond acceptors (Lipinski definition) is 6. The van der Waals surface area contributed by atoms with Crippen molar-refractivity contribution in [1.82, 2.24) is 9.97 Å². The third-order valence-corrected chi connectivity index (χ3v) is 5.71. The van der Waals surface area contributed by atoms with Gasteiger partial charge in [0.15, 0.2) is 0 Å². The molecule has 1 aromatic heterocycles. The highest BCUT2D eigenvalue weighted by molar-refractivity contribution is 7.92. The number of rotatable bonds is 9. The summed E-state index contributed by atoms with van der Waals surface area (Å²) >= 11 is 0. The fraction of sp³-hybridized carbons (Fsp3) is 0.273. The first-order chi connectivity index (χ1) is 14.4. The predicted molar refractivity (Wildman–Crippen MR) is 116 cm³/mol. The van der Waals surface area contributed by atoms with Crippen LogP contribution in [0, 0.1) is 13.8 Å². The van der Waals surface area contributed by atoms with Gasteiger partial charge in [0.1, 0.15) is 11.5 Å². The molecule has 0 aliphatic carbocycles. The van der Waals surface area contributed by atoms with Crippen LogP contribution in [-0.4, -0.2) is 25.0 Å². The highest BCUT2D eigenvalue weighted by atomic mass is 32.2. The minimum atomic E-state index is -3.80. The number of benzene rings is 2. The third kappa shape index (κ3) is 5.48. The average Bonchev–Trinajstić information content (AvgIpc) is 2.72. The molecule has 0 saturated heterocycles. The zero-order valence-corrected chi connectivity index (χ0v) is 18.1. The zero-order chi connectivity index (χ0) is 21.6. The van der Waals surface area contributed by atoms with Gasteiger partial charge in [-0.15, -0.1) is 0 Å². The number of nitrogens with zero attached hydrogens (tertiary/aromatic N) is 2. The number of anilines is 1. The summed E-state index contributed by atoms with van der Waals surface area (Å²) < 4.78 is 39.4. The maximum Gasteiger partial charge on any atom is 0.322 e. The lowest BCUT2D eigenvalue weighted by Gasteiger charge is -2.14. The predicted octanol–water partition coefficient (Wildman–Crippen LogP) is 4.87. The smallest absolute Gasteiger partial charge is 0.322 e. The molecule has 0 atom stereocenters. The van der Waals surface area contributed by atoms with E-state index >= 15 is 0 Å². The maximum absolute atomic E-state index is 12.8. The van der Waals surface area contributed by atoms with Crippen LogP contribution in [0.3, 0.4) is 0 Å². The van der Waals surface area contributed by atoms with Crippen molar-refractivity contribution in [3.05, 3.63) is 66.0 Å². The van der Waals surface area contributed by atoms with Crippen molar-refractivity contribution in [2.24, 2.45) is 0 Å². The topological polar surface area (TPSA) is 90.4 Å². The van der Waals surface area contributed by atoms with Gasteiger partial charge in [0.25, 0.3) is 10.0 Å². The van der Waals surface area contributed by atoms with Crippen LogP contribution in [0.15, 0.2) is 59.5 Å². The molecule has 1 heterocycles. The van der Waals surface area contributed by atoms with E-state index in [4.69, 9.17) is 9.47 Å². The number of hydrogen-bond donors (Lipinski definition) is 1. The van der Waals surface area contributed by atoms with Gasteiger partial charge in [0.05, 0.1) is 28.6 Å². The first-order valence-electron chi connectivity index (χ1n) is 9.73. The van der Waals surface area contributed by atoms with E-state index in [-0.39, 0.29) is 10.9 Å². The van der Waals surface area contributed by atoms with E-state index in [1.54, 1.807) is 38.1 Å². The van der Waals surface area contributed by atoms with Gasteiger partial charge in [0, 0.05) is 0 Å². The van der Waals surface area contributed by atoms with Crippen molar-refractivity contribution in [3.63, 3.8) is 0 Å². The number of unbranched alkanes of at least 4 members (excludes halogenated alkanes) is 1. The zero-order valence-electron chi connectivity index (χ0n) is 17.3. The number of ether oxygens (including phenoxy) is 2. The summed E-state index contributed by atoms with van der Waals surface area (Å²) in [6, 6.07) is 15.6. The molecule has 0 fully saturated rings. The largest absolute Gasteiger partial charge is 0.494 e. The van der Waals surface area contributed by atoms with Crippen molar-refractivity contribution >= 4 is 15.7 Å². The summed E-state index contributed by atoms with van der Waals surface area (Å²) in [5, 5.41) is 0. The van der Waals surface area contributed by atoms with Crippen molar-refractivity contribution < 1.29 is 17.9 Å². The van der Waals surface area contributed by atoms with Crippen LogP contribution in [0.2, 0.25) is 0 Å². The molecular formula is C22H25N3O4S. The summed E-state index contributed by atoms with van der Waals surface area (Å²) in [5.74, 6) is 1.24. The molecule has 8 heteroatoms. The lowest BCUT2D eigenvalue weighted by Crippen LogP contribution is -2.16. The molecule has 3 aromatic rings. The minimum absolute atomic E-state index is 0.133. The quantitative estimate of drug-likeness (QED) is 0.490. The van der Waals surface area contributed by atoms with E-state index < -0.39 is 10.0 Å². The normalized spacial score (nSPS) is 11.2. The van der Waals surface area contributed by atoms with Crippen molar-refractivity contribution in [1.29, 1.82) is 0 Å². The molecule has 0 amide bonds. The Morgan fingerprint density at radius 1 is 0.900 bits per heavy atom. The van der Waals surface area contributed by atoms with Crippen LogP contribution in [0.25, 0.3) is 0 Å². The van der Waals surface area contributed by atoms with Gasteiger partial charge in [0.2, 0.25) is 0 Å². The van der Waals surface area contributed by atoms with E-state index in [9.17, 15) is 8.42 Å². The minimum Gasteiger partial charge on any atom is -0.494 e. The Balaban J connectivity index is 1.76. The standard InChI is InChI=1S/C22H25N3O4S/c1-4-5-15-28-18-11-13-20(14-12-18)30(26,27)25-21-16(2)23-22(24-17(21)3)29-19-9-7-6-8-10-19/h6-14,25H,4-5,15H2,1-3H3. The maximum atomic E-state index is 12.8. The first kappa shape index (κ1) is 21.6. The highest BCUT2D eigenvalue weighted by Gasteiger charge is 2.19. The summed E-state index contributed by atoms with van der Waals surface area (Å²) in [4.78, 5) is 8.70. The molecule has 0 saturated carbocycles. The third-order valence-electron chi connectivity index (χ3n) is 4.34. The van der Waals surface area contributed by atoms with Crippen molar-refractivity contribution in [2.75, 3.05) is 11.3 Å². The number of nitrogens with one attached hydrogen (secondary N) is 1. The molecule has 0 aliphatic rings. The van der Waals surface area contributed by atoms with Crippen LogP contribution in [-0.2, 0) is 10.0 Å². The summed E-state index contributed by atoms with van der Waals surface area (Å²) in [7, 11) is -3.80. The Hall–Kier alpha value is -3.13. The Bertz CT molecular complexity index is 1060. The second kappa shape index (κ2) is 9.58. The molecule has 3 rings (SSSR count). The molecule has 0 spiro atoms. The Morgan fingerprint density at radius 3 is 2.13 bits per heavy atom. The monoisotopic (exact) mass is 427 g/mol. The highest BCUT2D eigenvalue weighted by Crippen LogP contribution is 2.26. The second-order valence-electron chi connectivity index (χ2n) is 6.75. The second-order valence-corrected chi connectivity index (χ2v) is 8.43. The van der Waals surface area contributed by atoms with Gasteiger partial charge in [-0.25, -0.2) is 8.42 Å². The summed E-state index contributed by atoms with van der Waals surface area (Å²) in [6.45, 7) is 6.09. The van der Waals surface area contributed by atoms with Gasteiger partial charge in [-0.2, -0.15) is 9.97 Å². The average molecular weight is 428 g/mol. The molecule has 0 aliphatic heterocycles. The fourth-order valence-electron chi connectivity index (χ4n) is 2.72. The van der Waals surface area contributed by atoms with Gasteiger partial charge in [-0.3, -0.25) is 4.72 Å². The Labute approximate surface area is 177 Å². The van der Waals surface area contributed by atoms with Crippen LogP contribution in [0.1, 0.15) is 31.2 Å². The summed E-state index contributed by atoms with van der Waals surface area (Å²) in [5.41, 5.74) is 1.27. The van der Waals surface area contributed by atoms with Gasteiger partial charge in [-0.1, -0.05) is 31.5 Å². The van der Waals surface area contributed by atoms with Crippen LogP contribution in [0.4, 0.5) is 5.69 Å². The molecule has 30 heavy (non-hydrogen) atoms. The Morgan fingerprint density at radius 2 is 1.53 bits per heavy atom. The number of aromatic nitrogens is 2. The van der Waals surface area contributed by atoms with Crippen LogP contribution in [0.5, 0.6) is 17.5 Å². The molecule has 0 radical (unpaired) electrons. The molecule has 0 unspecified atom stereocenters. The van der Waals surface area contributed by atoms with Gasteiger partial charge in [-0.05, 0) is 56.7 Å². The summed E-state index contributed by atoms with van der Waals surface area (Å²) in [6.07, 6.45) is 1.98. The molecule has 158 valence electrons. The van der Waals surface area contributed by atoms with E-state index in [1.807, 2.05) is 18.2 Å².